The first-order chi connectivity index (χ1) is 13.1. The first-order valence-electron chi connectivity index (χ1n) is 8.57. The number of ether oxygens (including phenoxy) is 1. The first-order valence-corrected chi connectivity index (χ1v) is 8.95. The van der Waals surface area contributed by atoms with Crippen LogP contribution in [0.5, 0.6) is 5.75 Å². The highest BCUT2D eigenvalue weighted by Gasteiger charge is 2.24. The highest BCUT2D eigenvalue weighted by molar-refractivity contribution is 6.32. The van der Waals surface area contributed by atoms with Crippen molar-refractivity contribution in [2.24, 2.45) is 0 Å². The fourth-order valence-electron chi connectivity index (χ4n) is 3.05. The number of halogens is 1. The molecule has 1 aliphatic heterocycles. The number of nitrogens with one attached hydrogen (secondary N) is 2. The molecule has 4 rings (SSSR count). The van der Waals surface area contributed by atoms with E-state index in [4.69, 9.17) is 16.3 Å². The molecule has 27 heavy (non-hydrogen) atoms. The number of fused-ring (bicyclic) bond motifs is 1. The Morgan fingerprint density at radius 3 is 3.07 bits per heavy atom. The minimum Gasteiger partial charge on any atom is -0.492 e. The van der Waals surface area contributed by atoms with Crippen molar-refractivity contribution in [3.05, 3.63) is 65.1 Å². The molecule has 0 spiro atoms. The lowest BCUT2D eigenvalue weighted by Gasteiger charge is -2.27. The normalized spacial score (nSPS) is 15.6. The molecule has 0 fully saturated rings. The van der Waals surface area contributed by atoms with Gasteiger partial charge in [0.1, 0.15) is 5.75 Å². The highest BCUT2D eigenvalue weighted by Crippen LogP contribution is 2.37. The minimum atomic E-state index is -0.330. The summed E-state index contributed by atoms with van der Waals surface area (Å²) in [4.78, 5) is 16.6. The Labute approximate surface area is 161 Å². The predicted octanol–water partition coefficient (Wildman–Crippen LogP) is 3.87. The molecule has 2 N–H and O–H groups in total. The zero-order chi connectivity index (χ0) is 18.8. The van der Waals surface area contributed by atoms with Crippen molar-refractivity contribution < 1.29 is 9.53 Å². The molecule has 3 heterocycles. The number of anilines is 1. The average molecular weight is 384 g/mol. The number of urea groups is 1. The summed E-state index contributed by atoms with van der Waals surface area (Å²) in [5.74, 6) is 1.09. The van der Waals surface area contributed by atoms with Gasteiger partial charge in [-0.3, -0.25) is 10.3 Å². The summed E-state index contributed by atoms with van der Waals surface area (Å²) in [5, 5.41) is 10.7. The van der Waals surface area contributed by atoms with Crippen molar-refractivity contribution in [3.8, 4) is 11.4 Å². The van der Waals surface area contributed by atoms with E-state index in [1.807, 2.05) is 31.2 Å². The number of aromatic nitrogens is 3. The Balaban J connectivity index is 1.45. The molecule has 1 atom stereocenters. The number of carbonyl (C=O) groups excluding carboxylic acids is 1. The molecule has 0 aliphatic carbocycles. The number of rotatable bonds is 3. The molecule has 2 amide bonds. The van der Waals surface area contributed by atoms with Gasteiger partial charge in [0.15, 0.2) is 5.82 Å². The molecule has 0 unspecified atom stereocenters. The molecule has 2 aromatic heterocycles. The zero-order valence-electron chi connectivity index (χ0n) is 14.6. The lowest BCUT2D eigenvalue weighted by atomic mass is 10.0. The molecule has 7 nitrogen and oxygen atoms in total. The third-order valence-corrected chi connectivity index (χ3v) is 4.60. The fourth-order valence-corrected chi connectivity index (χ4v) is 3.29. The maximum atomic E-state index is 12.4. The van der Waals surface area contributed by atoms with Crippen LogP contribution in [0.3, 0.4) is 0 Å². The Morgan fingerprint density at radius 1 is 1.33 bits per heavy atom. The van der Waals surface area contributed by atoms with E-state index in [0.29, 0.717) is 29.6 Å². The second kappa shape index (κ2) is 7.28. The maximum absolute atomic E-state index is 12.4. The Morgan fingerprint density at radius 2 is 2.22 bits per heavy atom. The van der Waals surface area contributed by atoms with E-state index in [0.717, 1.165) is 16.9 Å². The van der Waals surface area contributed by atoms with Crippen molar-refractivity contribution >= 4 is 23.4 Å². The third-order valence-electron chi connectivity index (χ3n) is 4.31. The van der Waals surface area contributed by atoms with E-state index in [9.17, 15) is 4.79 Å². The number of benzene rings is 1. The summed E-state index contributed by atoms with van der Waals surface area (Å²) in [6, 6.07) is 10.5. The lowest BCUT2D eigenvalue weighted by Crippen LogP contribution is -2.35. The van der Waals surface area contributed by atoms with Gasteiger partial charge in [-0.05, 0) is 25.1 Å². The van der Waals surface area contributed by atoms with Gasteiger partial charge in [0, 0.05) is 36.1 Å². The minimum absolute atomic E-state index is 0.169. The molecule has 8 heteroatoms. The van der Waals surface area contributed by atoms with Crippen molar-refractivity contribution in [1.29, 1.82) is 0 Å². The van der Waals surface area contributed by atoms with Crippen LogP contribution in [-0.4, -0.2) is 27.4 Å². The van der Waals surface area contributed by atoms with Crippen molar-refractivity contribution in [1.82, 2.24) is 20.1 Å². The third kappa shape index (κ3) is 3.73. The number of hydrogen-bond acceptors (Lipinski definition) is 4. The summed E-state index contributed by atoms with van der Waals surface area (Å²) >= 11 is 6.18. The number of para-hydroxylation sites is 1. The van der Waals surface area contributed by atoms with Gasteiger partial charge < -0.3 is 10.1 Å². The van der Waals surface area contributed by atoms with Crippen molar-refractivity contribution in [2.75, 3.05) is 11.9 Å². The maximum Gasteiger partial charge on any atom is 0.320 e. The standard InChI is InChI=1S/C19H18ClN5O2/c1-12-11-13(5-8-21-12)25-9-6-17(24-25)23-19(26)22-16-7-10-27-18-14(16)3-2-4-15(18)20/h2-6,8-9,11,16H,7,10H2,1H3,(H2,22,23,24,26)/t16-/m0/s1. The lowest BCUT2D eigenvalue weighted by molar-refractivity contribution is 0.232. The number of amides is 2. The largest absolute Gasteiger partial charge is 0.492 e. The molecule has 0 saturated carbocycles. The second-order valence-corrected chi connectivity index (χ2v) is 6.65. The van der Waals surface area contributed by atoms with Gasteiger partial charge in [0.05, 0.1) is 23.4 Å². The van der Waals surface area contributed by atoms with Gasteiger partial charge in [-0.15, -0.1) is 5.10 Å². The van der Waals surface area contributed by atoms with E-state index in [-0.39, 0.29) is 12.1 Å². The number of carbonyl (C=O) groups is 1. The topological polar surface area (TPSA) is 81.1 Å². The number of nitrogens with zero attached hydrogens (tertiary/aromatic N) is 3. The quantitative estimate of drug-likeness (QED) is 0.719. The molecule has 0 bridgehead atoms. The summed E-state index contributed by atoms with van der Waals surface area (Å²) in [5.41, 5.74) is 2.65. The van der Waals surface area contributed by atoms with Crippen LogP contribution < -0.4 is 15.4 Å². The molecule has 1 aliphatic rings. The van der Waals surface area contributed by atoms with E-state index < -0.39 is 0 Å². The van der Waals surface area contributed by atoms with Crippen molar-refractivity contribution in [3.63, 3.8) is 0 Å². The second-order valence-electron chi connectivity index (χ2n) is 6.25. The first kappa shape index (κ1) is 17.4. The summed E-state index contributed by atoms with van der Waals surface area (Å²) in [7, 11) is 0. The van der Waals surface area contributed by atoms with E-state index in [1.165, 1.54) is 0 Å². The fraction of sp³-hybridized carbons (Fsp3) is 0.211. The smallest absolute Gasteiger partial charge is 0.320 e. The number of pyridine rings is 1. The van der Waals surface area contributed by atoms with Gasteiger partial charge >= 0.3 is 6.03 Å². The Kier molecular flexibility index (Phi) is 4.68. The van der Waals surface area contributed by atoms with Gasteiger partial charge in [0.2, 0.25) is 0 Å². The van der Waals surface area contributed by atoms with Crippen LogP contribution in [-0.2, 0) is 0 Å². The molecule has 1 aromatic carbocycles. The van der Waals surface area contributed by atoms with Gasteiger partial charge in [-0.25, -0.2) is 9.48 Å². The van der Waals surface area contributed by atoms with Crippen LogP contribution in [0.2, 0.25) is 5.02 Å². The summed E-state index contributed by atoms with van der Waals surface area (Å²) < 4.78 is 7.31. The molecular weight excluding hydrogens is 366 g/mol. The monoisotopic (exact) mass is 383 g/mol. The SMILES string of the molecule is Cc1cc(-n2ccc(NC(=O)N[C@H]3CCOc4c(Cl)cccc43)n2)ccn1. The van der Waals surface area contributed by atoms with Crippen LogP contribution in [0.1, 0.15) is 23.7 Å². The average Bonchev–Trinajstić information content (AvgIpc) is 3.11. The number of aryl methyl sites for hydroxylation is 1. The Hall–Kier alpha value is -3.06. The van der Waals surface area contributed by atoms with Crippen LogP contribution in [0.25, 0.3) is 5.69 Å². The summed E-state index contributed by atoms with van der Waals surface area (Å²) in [6.45, 7) is 2.41. The van der Waals surface area contributed by atoms with Crippen molar-refractivity contribution in [2.45, 2.75) is 19.4 Å². The van der Waals surface area contributed by atoms with Gasteiger partial charge in [0.25, 0.3) is 0 Å². The Bertz CT molecular complexity index is 988. The molecule has 0 radical (unpaired) electrons. The molecule has 0 saturated heterocycles. The zero-order valence-corrected chi connectivity index (χ0v) is 15.4. The number of hydrogen-bond donors (Lipinski definition) is 2. The molecule has 3 aromatic rings. The van der Waals surface area contributed by atoms with Crippen LogP contribution in [0.4, 0.5) is 10.6 Å². The van der Waals surface area contributed by atoms with Gasteiger partial charge in [-0.1, -0.05) is 23.7 Å². The highest BCUT2D eigenvalue weighted by atomic mass is 35.5. The van der Waals surface area contributed by atoms with E-state index in [1.54, 1.807) is 29.2 Å². The van der Waals surface area contributed by atoms with Crippen LogP contribution in [0.15, 0.2) is 48.8 Å². The molecular formula is C19H18ClN5O2. The van der Waals surface area contributed by atoms with E-state index >= 15 is 0 Å². The van der Waals surface area contributed by atoms with Crippen LogP contribution >= 0.6 is 11.6 Å². The van der Waals surface area contributed by atoms with Crippen LogP contribution in [0, 0.1) is 6.92 Å². The predicted molar refractivity (Wildman–Crippen MR) is 103 cm³/mol. The van der Waals surface area contributed by atoms with Gasteiger partial charge in [-0.2, -0.15) is 0 Å². The van der Waals surface area contributed by atoms with E-state index in [2.05, 4.69) is 20.7 Å². The molecule has 138 valence electrons. The summed E-state index contributed by atoms with van der Waals surface area (Å²) in [6.07, 6.45) is 4.18.